The fourth-order valence-corrected chi connectivity index (χ4v) is 4.00. The molecule has 8 nitrogen and oxygen atoms in total. The molecule has 32 heavy (non-hydrogen) atoms. The topological polar surface area (TPSA) is 86.0 Å². The van der Waals surface area contributed by atoms with Crippen LogP contribution in [0.15, 0.2) is 45.9 Å². The molecule has 2 heterocycles. The Hall–Kier alpha value is -3.03. The van der Waals surface area contributed by atoms with Gasteiger partial charge in [-0.25, -0.2) is 0 Å². The van der Waals surface area contributed by atoms with Gasteiger partial charge in [0, 0.05) is 63.9 Å². The number of hydrogen-bond acceptors (Lipinski definition) is 5. The van der Waals surface area contributed by atoms with Crippen LogP contribution in [0.2, 0.25) is 0 Å². The zero-order valence-electron chi connectivity index (χ0n) is 19.5. The molecule has 8 heteroatoms. The van der Waals surface area contributed by atoms with Gasteiger partial charge < -0.3 is 25.0 Å². The molecule has 1 aliphatic rings. The van der Waals surface area contributed by atoms with Crippen LogP contribution in [-0.2, 0) is 11.3 Å². The second kappa shape index (κ2) is 12.1. The predicted octanol–water partition coefficient (Wildman–Crippen LogP) is 2.98. The Morgan fingerprint density at radius 1 is 1.12 bits per heavy atom. The van der Waals surface area contributed by atoms with Gasteiger partial charge in [0.1, 0.15) is 0 Å². The highest BCUT2D eigenvalue weighted by Gasteiger charge is 2.21. The van der Waals surface area contributed by atoms with Gasteiger partial charge in [-0.15, -0.1) is 0 Å². The van der Waals surface area contributed by atoms with Crippen LogP contribution < -0.4 is 15.5 Å². The lowest BCUT2D eigenvalue weighted by Crippen LogP contribution is -2.49. The molecule has 1 aromatic carbocycles. The van der Waals surface area contributed by atoms with Crippen molar-refractivity contribution in [2.45, 2.75) is 45.6 Å². The summed E-state index contributed by atoms with van der Waals surface area (Å²) in [4.78, 5) is 21.1. The SMILES string of the molecule is CCC(CC)c1cc(CNC(=NC)NCCC(=O)N2CCN(c3ccccc3)CC2)on1. The number of nitrogens with one attached hydrogen (secondary N) is 2. The van der Waals surface area contributed by atoms with Crippen molar-refractivity contribution in [3.63, 3.8) is 0 Å². The lowest BCUT2D eigenvalue weighted by Gasteiger charge is -2.36. The first-order valence-electron chi connectivity index (χ1n) is 11.6. The molecule has 1 aliphatic heterocycles. The Balaban J connectivity index is 1.36. The molecule has 174 valence electrons. The Kier molecular flexibility index (Phi) is 8.95. The van der Waals surface area contributed by atoms with E-state index in [9.17, 15) is 4.79 Å². The first-order valence-corrected chi connectivity index (χ1v) is 11.6. The van der Waals surface area contributed by atoms with Crippen LogP contribution >= 0.6 is 0 Å². The second-order valence-electron chi connectivity index (χ2n) is 8.04. The Morgan fingerprint density at radius 3 is 2.50 bits per heavy atom. The quantitative estimate of drug-likeness (QED) is 0.461. The van der Waals surface area contributed by atoms with Crippen LogP contribution in [0.4, 0.5) is 5.69 Å². The van der Waals surface area contributed by atoms with E-state index in [-0.39, 0.29) is 5.91 Å². The number of hydrogen-bond donors (Lipinski definition) is 2. The average Bonchev–Trinajstić information content (AvgIpc) is 3.31. The zero-order valence-corrected chi connectivity index (χ0v) is 19.5. The maximum Gasteiger partial charge on any atom is 0.224 e. The van der Waals surface area contributed by atoms with E-state index in [0.29, 0.717) is 31.4 Å². The minimum atomic E-state index is 0.172. The van der Waals surface area contributed by atoms with Gasteiger partial charge in [0.05, 0.1) is 12.2 Å². The molecule has 0 saturated carbocycles. The third kappa shape index (κ3) is 6.48. The number of carbonyl (C=O) groups is 1. The molecule has 1 aromatic heterocycles. The number of piperazine rings is 1. The number of aromatic nitrogens is 1. The normalized spacial score (nSPS) is 14.7. The van der Waals surface area contributed by atoms with Crippen LogP contribution in [0.1, 0.15) is 50.5 Å². The van der Waals surface area contributed by atoms with Crippen molar-refractivity contribution in [2.75, 3.05) is 44.7 Å². The van der Waals surface area contributed by atoms with Gasteiger partial charge in [0.15, 0.2) is 11.7 Å². The summed E-state index contributed by atoms with van der Waals surface area (Å²) < 4.78 is 5.45. The van der Waals surface area contributed by atoms with Gasteiger partial charge in [-0.3, -0.25) is 9.79 Å². The van der Waals surface area contributed by atoms with Crippen molar-refractivity contribution in [3.05, 3.63) is 47.9 Å². The first kappa shape index (κ1) is 23.6. The number of para-hydroxylation sites is 1. The number of carbonyl (C=O) groups excluding carboxylic acids is 1. The first-order chi connectivity index (χ1) is 15.6. The maximum absolute atomic E-state index is 12.6. The molecule has 1 fully saturated rings. The summed E-state index contributed by atoms with van der Waals surface area (Å²) in [6, 6.07) is 12.4. The molecule has 2 N–H and O–H groups in total. The molecule has 0 unspecified atom stereocenters. The third-order valence-corrected chi connectivity index (χ3v) is 6.02. The number of nitrogens with zero attached hydrogens (tertiary/aromatic N) is 4. The van der Waals surface area contributed by atoms with Gasteiger partial charge in [0.2, 0.25) is 5.91 Å². The summed E-state index contributed by atoms with van der Waals surface area (Å²) in [5.41, 5.74) is 2.22. The molecule has 2 aromatic rings. The summed E-state index contributed by atoms with van der Waals surface area (Å²) >= 11 is 0. The van der Waals surface area contributed by atoms with Crippen LogP contribution in [0.25, 0.3) is 0 Å². The lowest BCUT2D eigenvalue weighted by atomic mass is 9.99. The number of aliphatic imine (C=N–C) groups is 1. The third-order valence-electron chi connectivity index (χ3n) is 6.02. The fraction of sp³-hybridized carbons (Fsp3) is 0.542. The Labute approximate surface area is 191 Å². The van der Waals surface area contributed by atoms with E-state index in [4.69, 9.17) is 4.52 Å². The zero-order chi connectivity index (χ0) is 22.8. The Bertz CT molecular complexity index is 854. The molecule has 0 radical (unpaired) electrons. The number of rotatable bonds is 9. The predicted molar refractivity (Wildman–Crippen MR) is 128 cm³/mol. The lowest BCUT2D eigenvalue weighted by molar-refractivity contribution is -0.131. The van der Waals surface area contributed by atoms with E-state index >= 15 is 0 Å². The molecule has 3 rings (SSSR count). The smallest absolute Gasteiger partial charge is 0.224 e. The van der Waals surface area contributed by atoms with E-state index in [1.165, 1.54) is 5.69 Å². The van der Waals surface area contributed by atoms with Gasteiger partial charge in [-0.05, 0) is 25.0 Å². The molecule has 1 saturated heterocycles. The van der Waals surface area contributed by atoms with Crippen LogP contribution in [0.5, 0.6) is 0 Å². The van der Waals surface area contributed by atoms with E-state index in [1.54, 1.807) is 7.05 Å². The highest BCUT2D eigenvalue weighted by atomic mass is 16.5. The van der Waals surface area contributed by atoms with Crippen molar-refractivity contribution >= 4 is 17.6 Å². The highest BCUT2D eigenvalue weighted by Crippen LogP contribution is 2.22. The molecule has 0 bridgehead atoms. The number of guanidine groups is 1. The summed E-state index contributed by atoms with van der Waals surface area (Å²) in [6.07, 6.45) is 2.54. The van der Waals surface area contributed by atoms with Gasteiger partial charge in [-0.1, -0.05) is 37.2 Å². The summed E-state index contributed by atoms with van der Waals surface area (Å²) in [7, 11) is 1.72. The van der Waals surface area contributed by atoms with Crippen LogP contribution in [-0.4, -0.2) is 61.7 Å². The standard InChI is InChI=1S/C24H36N6O2/c1-4-19(5-2)22-17-21(32-28-22)18-27-24(25-3)26-12-11-23(31)30-15-13-29(14-16-30)20-9-7-6-8-10-20/h6-10,17,19H,4-5,11-16,18H2,1-3H3,(H2,25,26,27). The van der Waals surface area contributed by atoms with Gasteiger partial charge in [0.25, 0.3) is 0 Å². The summed E-state index contributed by atoms with van der Waals surface area (Å²) in [5, 5.41) is 10.6. The molecule has 0 spiro atoms. The van der Waals surface area contributed by atoms with Crippen molar-refractivity contribution in [1.29, 1.82) is 0 Å². The molecular formula is C24H36N6O2. The van der Waals surface area contributed by atoms with Crippen LogP contribution in [0, 0.1) is 0 Å². The molecule has 0 atom stereocenters. The summed E-state index contributed by atoms with van der Waals surface area (Å²) in [6.45, 7) is 8.60. The van der Waals surface area contributed by atoms with Crippen LogP contribution in [0.3, 0.4) is 0 Å². The van der Waals surface area contributed by atoms with E-state index in [2.05, 4.69) is 51.7 Å². The average molecular weight is 441 g/mol. The highest BCUT2D eigenvalue weighted by molar-refractivity contribution is 5.81. The monoisotopic (exact) mass is 440 g/mol. The van der Waals surface area contributed by atoms with Crippen molar-refractivity contribution in [3.8, 4) is 0 Å². The van der Waals surface area contributed by atoms with Crippen molar-refractivity contribution < 1.29 is 9.32 Å². The molecule has 0 aliphatic carbocycles. The summed E-state index contributed by atoms with van der Waals surface area (Å²) in [5.74, 6) is 2.03. The minimum absolute atomic E-state index is 0.172. The fourth-order valence-electron chi connectivity index (χ4n) is 4.00. The Morgan fingerprint density at radius 2 is 1.84 bits per heavy atom. The minimum Gasteiger partial charge on any atom is -0.368 e. The van der Waals surface area contributed by atoms with E-state index in [1.807, 2.05) is 29.2 Å². The molecule has 1 amide bonds. The van der Waals surface area contributed by atoms with Crippen molar-refractivity contribution in [1.82, 2.24) is 20.7 Å². The number of anilines is 1. The van der Waals surface area contributed by atoms with E-state index in [0.717, 1.165) is 50.5 Å². The molecular weight excluding hydrogens is 404 g/mol. The van der Waals surface area contributed by atoms with Crippen molar-refractivity contribution in [2.24, 2.45) is 4.99 Å². The maximum atomic E-state index is 12.6. The number of amides is 1. The van der Waals surface area contributed by atoms with Gasteiger partial charge in [-0.2, -0.15) is 0 Å². The number of benzene rings is 1. The van der Waals surface area contributed by atoms with E-state index < -0.39 is 0 Å². The largest absolute Gasteiger partial charge is 0.368 e. The second-order valence-corrected chi connectivity index (χ2v) is 8.04. The van der Waals surface area contributed by atoms with Gasteiger partial charge >= 0.3 is 0 Å².